The van der Waals surface area contributed by atoms with Gasteiger partial charge in [0, 0.05) is 30.3 Å². The zero-order valence-corrected chi connectivity index (χ0v) is 16.0. The molecule has 0 spiro atoms. The van der Waals surface area contributed by atoms with E-state index in [1.54, 1.807) is 0 Å². The Morgan fingerprint density at radius 1 is 1.19 bits per heavy atom. The second-order valence-corrected chi connectivity index (χ2v) is 7.98. The highest BCUT2D eigenvalue weighted by Gasteiger charge is 2.25. The van der Waals surface area contributed by atoms with Gasteiger partial charge in [-0.05, 0) is 61.7 Å². The predicted octanol–water partition coefficient (Wildman–Crippen LogP) is 4.27. The molecule has 1 aliphatic heterocycles. The Balaban J connectivity index is 1.36. The number of nitrogens with one attached hydrogen (secondary N) is 1. The van der Waals surface area contributed by atoms with E-state index in [9.17, 15) is 9.59 Å². The molecular weight excluding hydrogens is 358 g/mol. The van der Waals surface area contributed by atoms with Gasteiger partial charge in [-0.3, -0.25) is 9.59 Å². The van der Waals surface area contributed by atoms with E-state index in [1.807, 2.05) is 36.4 Å². The quantitative estimate of drug-likeness (QED) is 0.688. The van der Waals surface area contributed by atoms with Crippen LogP contribution in [0.15, 0.2) is 42.5 Å². The summed E-state index contributed by atoms with van der Waals surface area (Å²) < 4.78 is 1.10. The summed E-state index contributed by atoms with van der Waals surface area (Å²) in [7, 11) is 0. The number of benzene rings is 2. The smallest absolute Gasteiger partial charge is 0.229 e. The highest BCUT2D eigenvalue weighted by atomic mass is 32.1. The van der Waals surface area contributed by atoms with Crippen LogP contribution in [0.4, 0.5) is 10.8 Å². The molecule has 4 rings (SSSR count). The number of aryl methyl sites for hydroxylation is 1. The number of amides is 1. The number of hydrogen-bond acceptors (Lipinski definition) is 5. The summed E-state index contributed by atoms with van der Waals surface area (Å²) in [5.41, 5.74) is 3.90. The molecule has 0 aliphatic carbocycles. The summed E-state index contributed by atoms with van der Waals surface area (Å²) in [6.45, 7) is 3.72. The van der Waals surface area contributed by atoms with Crippen molar-refractivity contribution >= 4 is 44.6 Å². The lowest BCUT2D eigenvalue weighted by Crippen LogP contribution is -2.38. The third kappa shape index (κ3) is 3.85. The molecular formula is C21H21N3O2S. The van der Waals surface area contributed by atoms with Crippen molar-refractivity contribution < 1.29 is 9.59 Å². The molecule has 6 heteroatoms. The van der Waals surface area contributed by atoms with Gasteiger partial charge >= 0.3 is 0 Å². The maximum atomic E-state index is 12.6. The minimum absolute atomic E-state index is 0.00393. The lowest BCUT2D eigenvalue weighted by atomic mass is 9.95. The first-order valence-corrected chi connectivity index (χ1v) is 9.92. The van der Waals surface area contributed by atoms with E-state index in [0.717, 1.165) is 48.1 Å². The highest BCUT2D eigenvalue weighted by Crippen LogP contribution is 2.29. The summed E-state index contributed by atoms with van der Waals surface area (Å²) in [5, 5.41) is 3.67. The van der Waals surface area contributed by atoms with Crippen LogP contribution in [0.2, 0.25) is 0 Å². The first-order chi connectivity index (χ1) is 13.1. The summed E-state index contributed by atoms with van der Waals surface area (Å²) in [6.07, 6.45) is 2.47. The lowest BCUT2D eigenvalue weighted by molar-refractivity contribution is -0.120. The summed E-state index contributed by atoms with van der Waals surface area (Å²) in [5.74, 6) is 0.0611. The van der Waals surface area contributed by atoms with Gasteiger partial charge in [0.25, 0.3) is 0 Å². The third-order valence-electron chi connectivity index (χ3n) is 5.03. The maximum Gasteiger partial charge on any atom is 0.229 e. The number of aromatic nitrogens is 1. The molecule has 5 nitrogen and oxygen atoms in total. The van der Waals surface area contributed by atoms with Crippen LogP contribution in [-0.2, 0) is 4.79 Å². The molecule has 1 aromatic heterocycles. The van der Waals surface area contributed by atoms with Crippen LogP contribution >= 0.6 is 11.3 Å². The molecule has 1 fully saturated rings. The van der Waals surface area contributed by atoms with Gasteiger partial charge in [0.15, 0.2) is 5.13 Å². The first-order valence-electron chi connectivity index (χ1n) is 9.10. The van der Waals surface area contributed by atoms with Gasteiger partial charge in [-0.1, -0.05) is 17.4 Å². The standard InChI is InChI=1S/C21H21N3O2S/c1-14-2-7-18-19(12-14)27-21(22-18)23-20(26)16-8-10-24(11-9-16)17-5-3-15(13-25)4-6-17/h2-7,12-13,16H,8-11H2,1H3,(H,22,23,26). The summed E-state index contributed by atoms with van der Waals surface area (Å²) >= 11 is 1.52. The second-order valence-electron chi connectivity index (χ2n) is 6.95. The highest BCUT2D eigenvalue weighted by molar-refractivity contribution is 7.22. The van der Waals surface area contributed by atoms with E-state index in [2.05, 4.69) is 28.2 Å². The molecule has 1 amide bonds. The molecule has 1 N–H and O–H groups in total. The monoisotopic (exact) mass is 379 g/mol. The second kappa shape index (κ2) is 7.48. The minimum Gasteiger partial charge on any atom is -0.371 e. The van der Waals surface area contributed by atoms with Crippen LogP contribution in [0.25, 0.3) is 10.2 Å². The number of hydrogen-bond donors (Lipinski definition) is 1. The number of rotatable bonds is 4. The van der Waals surface area contributed by atoms with Crippen molar-refractivity contribution in [3.05, 3.63) is 53.6 Å². The fourth-order valence-electron chi connectivity index (χ4n) is 3.46. The minimum atomic E-state index is 0.00393. The molecule has 2 aromatic carbocycles. The number of carbonyl (C=O) groups is 2. The van der Waals surface area contributed by atoms with Crippen molar-refractivity contribution in [1.29, 1.82) is 0 Å². The normalized spacial score (nSPS) is 15.1. The van der Waals surface area contributed by atoms with Crippen molar-refractivity contribution in [3.63, 3.8) is 0 Å². The number of thiazole rings is 1. The average molecular weight is 379 g/mol. The lowest BCUT2D eigenvalue weighted by Gasteiger charge is -2.32. The molecule has 2 heterocycles. The Labute approximate surface area is 162 Å². The van der Waals surface area contributed by atoms with Gasteiger partial charge in [-0.2, -0.15) is 0 Å². The Morgan fingerprint density at radius 2 is 1.93 bits per heavy atom. The molecule has 0 radical (unpaired) electrons. The number of nitrogens with zero attached hydrogens (tertiary/aromatic N) is 2. The molecule has 0 atom stereocenters. The predicted molar refractivity (Wildman–Crippen MR) is 110 cm³/mol. The zero-order valence-electron chi connectivity index (χ0n) is 15.1. The third-order valence-corrected chi connectivity index (χ3v) is 5.97. The van der Waals surface area contributed by atoms with E-state index in [1.165, 1.54) is 16.9 Å². The van der Waals surface area contributed by atoms with E-state index >= 15 is 0 Å². The number of aldehydes is 1. The number of piperidine rings is 1. The molecule has 0 saturated carbocycles. The average Bonchev–Trinajstić information content (AvgIpc) is 3.09. The Hall–Kier alpha value is -2.73. The first kappa shape index (κ1) is 17.7. The van der Waals surface area contributed by atoms with Crippen molar-refractivity contribution in [1.82, 2.24) is 4.98 Å². The summed E-state index contributed by atoms with van der Waals surface area (Å²) in [6, 6.07) is 13.7. The largest absolute Gasteiger partial charge is 0.371 e. The van der Waals surface area contributed by atoms with Crippen LogP contribution in [0.3, 0.4) is 0 Å². The van der Waals surface area contributed by atoms with Crippen LogP contribution < -0.4 is 10.2 Å². The fraction of sp³-hybridized carbons (Fsp3) is 0.286. The summed E-state index contributed by atoms with van der Waals surface area (Å²) in [4.78, 5) is 30.2. The molecule has 138 valence electrons. The van der Waals surface area contributed by atoms with Crippen molar-refractivity contribution in [2.24, 2.45) is 5.92 Å². The van der Waals surface area contributed by atoms with E-state index in [0.29, 0.717) is 10.7 Å². The maximum absolute atomic E-state index is 12.6. The van der Waals surface area contributed by atoms with Gasteiger partial charge in [-0.15, -0.1) is 0 Å². The molecule has 27 heavy (non-hydrogen) atoms. The molecule has 1 saturated heterocycles. The van der Waals surface area contributed by atoms with E-state index in [4.69, 9.17) is 0 Å². The Bertz CT molecular complexity index is 973. The van der Waals surface area contributed by atoms with Crippen molar-refractivity contribution in [2.45, 2.75) is 19.8 Å². The van der Waals surface area contributed by atoms with Crippen LogP contribution in [-0.4, -0.2) is 30.3 Å². The molecule has 0 bridgehead atoms. The van der Waals surface area contributed by atoms with E-state index < -0.39 is 0 Å². The molecule has 1 aliphatic rings. The topological polar surface area (TPSA) is 62.3 Å². The number of anilines is 2. The van der Waals surface area contributed by atoms with Crippen molar-refractivity contribution in [2.75, 3.05) is 23.3 Å². The Morgan fingerprint density at radius 3 is 2.63 bits per heavy atom. The van der Waals surface area contributed by atoms with Gasteiger partial charge in [0.2, 0.25) is 5.91 Å². The molecule has 0 unspecified atom stereocenters. The Kier molecular flexibility index (Phi) is 4.90. The van der Waals surface area contributed by atoms with Crippen molar-refractivity contribution in [3.8, 4) is 0 Å². The van der Waals surface area contributed by atoms with Crippen LogP contribution in [0.5, 0.6) is 0 Å². The number of carbonyl (C=O) groups excluding carboxylic acids is 2. The van der Waals surface area contributed by atoms with Gasteiger partial charge in [0.1, 0.15) is 6.29 Å². The van der Waals surface area contributed by atoms with Gasteiger partial charge in [0.05, 0.1) is 10.2 Å². The zero-order chi connectivity index (χ0) is 18.8. The van der Waals surface area contributed by atoms with Gasteiger partial charge in [-0.25, -0.2) is 4.98 Å². The van der Waals surface area contributed by atoms with Crippen LogP contribution in [0.1, 0.15) is 28.8 Å². The number of fused-ring (bicyclic) bond motifs is 1. The van der Waals surface area contributed by atoms with Crippen LogP contribution in [0, 0.1) is 12.8 Å². The van der Waals surface area contributed by atoms with E-state index in [-0.39, 0.29) is 11.8 Å². The SMILES string of the molecule is Cc1ccc2nc(NC(=O)C3CCN(c4ccc(C=O)cc4)CC3)sc2c1. The molecule has 3 aromatic rings. The fourth-order valence-corrected chi connectivity index (χ4v) is 4.42. The van der Waals surface area contributed by atoms with Gasteiger partial charge < -0.3 is 10.2 Å².